The molecule has 0 spiro atoms. The molecule has 2 nitrogen and oxygen atoms in total. The van der Waals surface area contributed by atoms with Crippen LogP contribution in [0.4, 0.5) is 0 Å². The first-order chi connectivity index (χ1) is 7.22. The molecule has 0 atom stereocenters. The van der Waals surface area contributed by atoms with E-state index in [1.54, 1.807) is 7.11 Å². The Morgan fingerprint density at radius 3 is 2.73 bits per heavy atom. The number of hydrogen-bond donors (Lipinski definition) is 0. The second-order valence-corrected chi connectivity index (χ2v) is 4.69. The van der Waals surface area contributed by atoms with Crippen molar-refractivity contribution in [1.29, 1.82) is 0 Å². The Morgan fingerprint density at radius 1 is 1.27 bits per heavy atom. The van der Waals surface area contributed by atoms with Crippen molar-refractivity contribution in [2.75, 3.05) is 7.11 Å². The molecular weight excluding hydrogens is 256 g/mol. The van der Waals surface area contributed by atoms with Gasteiger partial charge in [-0.3, -0.25) is 4.79 Å². The van der Waals surface area contributed by atoms with Gasteiger partial charge in [-0.1, -0.05) is 15.9 Å². The van der Waals surface area contributed by atoms with E-state index in [9.17, 15) is 4.79 Å². The van der Waals surface area contributed by atoms with Gasteiger partial charge in [0.15, 0.2) is 5.78 Å². The molecule has 15 heavy (non-hydrogen) atoms. The molecule has 3 heteroatoms. The third-order valence-electron chi connectivity index (χ3n) is 2.75. The number of aryl methyl sites for hydroxylation is 1. The predicted molar refractivity (Wildman–Crippen MR) is 62.6 cm³/mol. The SMILES string of the molecule is COc1cc(Br)cc2c1C(=O)CCCC2. The number of ether oxygens (including phenoxy) is 1. The van der Waals surface area contributed by atoms with E-state index in [-0.39, 0.29) is 5.78 Å². The lowest BCUT2D eigenvalue weighted by atomic mass is 10.0. The van der Waals surface area contributed by atoms with Crippen molar-refractivity contribution < 1.29 is 9.53 Å². The Morgan fingerprint density at radius 2 is 2.00 bits per heavy atom. The zero-order valence-electron chi connectivity index (χ0n) is 8.68. The van der Waals surface area contributed by atoms with Crippen LogP contribution in [0.2, 0.25) is 0 Å². The molecule has 1 aliphatic rings. The molecule has 0 saturated heterocycles. The van der Waals surface area contributed by atoms with Gasteiger partial charge >= 0.3 is 0 Å². The highest BCUT2D eigenvalue weighted by Crippen LogP contribution is 2.32. The standard InChI is InChI=1S/C12H13BrO2/c1-15-11-7-9(13)6-8-4-2-3-5-10(14)12(8)11/h6-7H,2-5H2,1H3. The maximum atomic E-state index is 11.9. The Balaban J connectivity index is 2.58. The van der Waals surface area contributed by atoms with Gasteiger partial charge in [-0.15, -0.1) is 0 Å². The van der Waals surface area contributed by atoms with E-state index in [1.165, 1.54) is 0 Å². The number of carbonyl (C=O) groups is 1. The molecule has 0 amide bonds. The second-order valence-electron chi connectivity index (χ2n) is 3.77. The summed E-state index contributed by atoms with van der Waals surface area (Å²) < 4.78 is 6.25. The Labute approximate surface area is 97.8 Å². The number of methoxy groups -OCH3 is 1. The lowest BCUT2D eigenvalue weighted by molar-refractivity contribution is 0.0979. The van der Waals surface area contributed by atoms with Gasteiger partial charge in [0.1, 0.15) is 5.75 Å². The summed E-state index contributed by atoms with van der Waals surface area (Å²) in [7, 11) is 1.61. The van der Waals surface area contributed by atoms with E-state index in [4.69, 9.17) is 4.74 Å². The first-order valence-electron chi connectivity index (χ1n) is 5.12. The monoisotopic (exact) mass is 268 g/mol. The minimum atomic E-state index is 0.215. The molecule has 80 valence electrons. The van der Waals surface area contributed by atoms with Crippen LogP contribution in [-0.2, 0) is 6.42 Å². The fraction of sp³-hybridized carbons (Fsp3) is 0.417. The molecule has 1 aliphatic carbocycles. The summed E-state index contributed by atoms with van der Waals surface area (Å²) in [6.07, 6.45) is 3.68. The summed E-state index contributed by atoms with van der Waals surface area (Å²) >= 11 is 3.44. The van der Waals surface area contributed by atoms with Gasteiger partial charge in [0.2, 0.25) is 0 Å². The lowest BCUT2D eigenvalue weighted by Crippen LogP contribution is -2.03. The smallest absolute Gasteiger partial charge is 0.166 e. The first-order valence-corrected chi connectivity index (χ1v) is 5.91. The van der Waals surface area contributed by atoms with Gasteiger partial charge in [0.25, 0.3) is 0 Å². The minimum Gasteiger partial charge on any atom is -0.496 e. The molecule has 0 saturated carbocycles. The van der Waals surface area contributed by atoms with Crippen LogP contribution in [0.25, 0.3) is 0 Å². The molecule has 0 heterocycles. The number of fused-ring (bicyclic) bond motifs is 1. The summed E-state index contributed by atoms with van der Waals surface area (Å²) in [4.78, 5) is 11.9. The van der Waals surface area contributed by atoms with Crippen LogP contribution in [0.15, 0.2) is 16.6 Å². The van der Waals surface area contributed by atoms with Crippen LogP contribution in [0.3, 0.4) is 0 Å². The Kier molecular flexibility index (Phi) is 3.10. The van der Waals surface area contributed by atoms with Crippen molar-refractivity contribution in [1.82, 2.24) is 0 Å². The van der Waals surface area contributed by atoms with E-state index in [0.717, 1.165) is 34.9 Å². The molecular formula is C12H13BrO2. The number of benzene rings is 1. The number of halogens is 1. The quantitative estimate of drug-likeness (QED) is 0.731. The molecule has 2 rings (SSSR count). The molecule has 0 bridgehead atoms. The summed E-state index contributed by atoms with van der Waals surface area (Å²) in [5.74, 6) is 0.915. The molecule has 0 unspecified atom stereocenters. The van der Waals surface area contributed by atoms with E-state index in [2.05, 4.69) is 15.9 Å². The molecule has 1 aromatic rings. The number of rotatable bonds is 1. The normalized spacial score (nSPS) is 15.7. The summed E-state index contributed by atoms with van der Waals surface area (Å²) in [5, 5.41) is 0. The van der Waals surface area contributed by atoms with Crippen molar-refractivity contribution in [3.05, 3.63) is 27.7 Å². The van der Waals surface area contributed by atoms with Gasteiger partial charge in [-0.2, -0.15) is 0 Å². The first kappa shape index (κ1) is 10.7. The van der Waals surface area contributed by atoms with E-state index < -0.39 is 0 Å². The van der Waals surface area contributed by atoms with E-state index in [1.807, 2.05) is 12.1 Å². The van der Waals surface area contributed by atoms with Crippen molar-refractivity contribution in [3.63, 3.8) is 0 Å². The molecule has 0 fully saturated rings. The third kappa shape index (κ3) is 2.07. The second kappa shape index (κ2) is 4.35. The summed E-state index contributed by atoms with van der Waals surface area (Å²) in [6, 6.07) is 3.89. The van der Waals surface area contributed by atoms with Crippen molar-refractivity contribution >= 4 is 21.7 Å². The molecule has 0 aromatic heterocycles. The molecule has 0 aliphatic heterocycles. The number of Topliss-reactive ketones (excluding diaryl/α,β-unsaturated/α-hetero) is 1. The van der Waals surface area contributed by atoms with Crippen LogP contribution in [-0.4, -0.2) is 12.9 Å². The largest absolute Gasteiger partial charge is 0.496 e. The van der Waals surface area contributed by atoms with Crippen LogP contribution >= 0.6 is 15.9 Å². The summed E-state index contributed by atoms with van der Waals surface area (Å²) in [5.41, 5.74) is 1.90. The van der Waals surface area contributed by atoms with E-state index in [0.29, 0.717) is 12.2 Å². The van der Waals surface area contributed by atoms with Crippen LogP contribution in [0.1, 0.15) is 35.2 Å². The molecule has 0 N–H and O–H groups in total. The zero-order chi connectivity index (χ0) is 10.8. The van der Waals surface area contributed by atoms with Crippen LogP contribution < -0.4 is 4.74 Å². The fourth-order valence-corrected chi connectivity index (χ4v) is 2.52. The van der Waals surface area contributed by atoms with Crippen LogP contribution in [0, 0.1) is 0 Å². The highest BCUT2D eigenvalue weighted by Gasteiger charge is 2.20. The number of carbonyl (C=O) groups excluding carboxylic acids is 1. The maximum absolute atomic E-state index is 11.9. The average Bonchev–Trinajstić information content (AvgIpc) is 2.39. The highest BCUT2D eigenvalue weighted by atomic mass is 79.9. The van der Waals surface area contributed by atoms with Crippen molar-refractivity contribution in [2.45, 2.75) is 25.7 Å². The van der Waals surface area contributed by atoms with E-state index >= 15 is 0 Å². The lowest BCUT2D eigenvalue weighted by Gasteiger charge is -2.11. The number of hydrogen-bond acceptors (Lipinski definition) is 2. The third-order valence-corrected chi connectivity index (χ3v) is 3.21. The fourth-order valence-electron chi connectivity index (χ4n) is 2.04. The minimum absolute atomic E-state index is 0.215. The van der Waals surface area contributed by atoms with Gasteiger partial charge in [0, 0.05) is 10.9 Å². The Bertz CT molecular complexity index is 399. The number of ketones is 1. The molecule has 0 radical (unpaired) electrons. The summed E-state index contributed by atoms with van der Waals surface area (Å²) in [6.45, 7) is 0. The topological polar surface area (TPSA) is 26.3 Å². The van der Waals surface area contributed by atoms with Gasteiger partial charge < -0.3 is 4.74 Å². The zero-order valence-corrected chi connectivity index (χ0v) is 10.3. The predicted octanol–water partition coefficient (Wildman–Crippen LogP) is 3.37. The van der Waals surface area contributed by atoms with Gasteiger partial charge in [0.05, 0.1) is 12.7 Å². The van der Waals surface area contributed by atoms with Crippen LogP contribution in [0.5, 0.6) is 5.75 Å². The highest BCUT2D eigenvalue weighted by molar-refractivity contribution is 9.10. The average molecular weight is 269 g/mol. The van der Waals surface area contributed by atoms with Gasteiger partial charge in [-0.25, -0.2) is 0 Å². The molecule has 1 aromatic carbocycles. The van der Waals surface area contributed by atoms with Crippen molar-refractivity contribution in [3.8, 4) is 5.75 Å². The maximum Gasteiger partial charge on any atom is 0.166 e. The van der Waals surface area contributed by atoms with Crippen molar-refractivity contribution in [2.24, 2.45) is 0 Å². The Hall–Kier alpha value is -0.830. The van der Waals surface area contributed by atoms with Gasteiger partial charge in [-0.05, 0) is 37.0 Å².